The van der Waals surface area contributed by atoms with Gasteiger partial charge in [0.25, 0.3) is 9.24 Å². The van der Waals surface area contributed by atoms with E-state index < -0.39 is 9.24 Å². The Balaban J connectivity index is 2.43. The fourth-order valence-corrected chi connectivity index (χ4v) is 2.29. The Morgan fingerprint density at radius 2 is 2.25 bits per heavy atom. The van der Waals surface area contributed by atoms with Gasteiger partial charge in [-0.25, -0.2) is 0 Å². The quantitative estimate of drug-likeness (QED) is 0.685. The van der Waals surface area contributed by atoms with E-state index in [4.69, 9.17) is 15.4 Å². The zero-order chi connectivity index (χ0) is 9.19. The van der Waals surface area contributed by atoms with Crippen LogP contribution in [0, 0.1) is 0 Å². The Bertz CT molecular complexity index is 241. The molecule has 0 saturated carbocycles. The molecule has 0 amide bonds. The maximum absolute atomic E-state index is 10.6. The van der Waals surface area contributed by atoms with Crippen LogP contribution in [0.1, 0.15) is 19.8 Å². The van der Waals surface area contributed by atoms with Crippen molar-refractivity contribution in [2.24, 2.45) is 0 Å². The zero-order valence-corrected chi connectivity index (χ0v) is 8.36. The largest absolute Gasteiger partial charge is 0.378 e. The van der Waals surface area contributed by atoms with Gasteiger partial charge in [-0.3, -0.25) is 0 Å². The second kappa shape index (κ2) is 3.91. The van der Waals surface area contributed by atoms with Gasteiger partial charge in [0.2, 0.25) is 0 Å². The molecule has 1 saturated heterocycles. The van der Waals surface area contributed by atoms with Crippen LogP contribution in [0.2, 0.25) is 0 Å². The summed E-state index contributed by atoms with van der Waals surface area (Å²) in [4.78, 5) is 0. The van der Waals surface area contributed by atoms with Crippen LogP contribution >= 0.6 is 10.7 Å². The monoisotopic (exact) mass is 213 g/mol. The number of ether oxygens (including phenoxy) is 1. The van der Waals surface area contributed by atoms with Crippen LogP contribution < -0.4 is 4.72 Å². The van der Waals surface area contributed by atoms with Crippen molar-refractivity contribution >= 4 is 19.9 Å². The minimum absolute atomic E-state index is 0.0729. The minimum Gasteiger partial charge on any atom is -0.378 e. The molecule has 1 aliphatic heterocycles. The van der Waals surface area contributed by atoms with E-state index >= 15 is 0 Å². The molecule has 1 aliphatic rings. The molecule has 2 atom stereocenters. The highest BCUT2D eigenvalue weighted by atomic mass is 35.7. The van der Waals surface area contributed by atoms with Crippen molar-refractivity contribution in [3.63, 3.8) is 0 Å². The van der Waals surface area contributed by atoms with Gasteiger partial charge < -0.3 is 4.74 Å². The first-order valence-corrected chi connectivity index (χ1v) is 6.12. The third-order valence-electron chi connectivity index (χ3n) is 1.79. The lowest BCUT2D eigenvalue weighted by Crippen LogP contribution is -2.39. The highest BCUT2D eigenvalue weighted by Gasteiger charge is 2.22. The van der Waals surface area contributed by atoms with Gasteiger partial charge in [0.05, 0.1) is 6.10 Å². The summed E-state index contributed by atoms with van der Waals surface area (Å²) in [6.45, 7) is 2.50. The van der Waals surface area contributed by atoms with Crippen LogP contribution in [-0.4, -0.2) is 27.2 Å². The molecule has 0 radical (unpaired) electrons. The number of rotatable bonds is 2. The van der Waals surface area contributed by atoms with E-state index in [-0.39, 0.29) is 12.1 Å². The average Bonchev–Trinajstić information content (AvgIpc) is 1.82. The van der Waals surface area contributed by atoms with Crippen molar-refractivity contribution < 1.29 is 13.2 Å². The Morgan fingerprint density at radius 3 is 2.75 bits per heavy atom. The van der Waals surface area contributed by atoms with Crippen molar-refractivity contribution in [1.29, 1.82) is 0 Å². The summed E-state index contributed by atoms with van der Waals surface area (Å²) in [5.74, 6) is 0. The smallest absolute Gasteiger partial charge is 0.297 e. The molecule has 4 nitrogen and oxygen atoms in total. The molecule has 0 aromatic heterocycles. The van der Waals surface area contributed by atoms with Crippen molar-refractivity contribution in [3.8, 4) is 0 Å². The molecule has 12 heavy (non-hydrogen) atoms. The summed E-state index contributed by atoms with van der Waals surface area (Å²) < 4.78 is 28.8. The van der Waals surface area contributed by atoms with Crippen LogP contribution in [0.25, 0.3) is 0 Å². The van der Waals surface area contributed by atoms with Crippen molar-refractivity contribution in [2.45, 2.75) is 31.9 Å². The average molecular weight is 214 g/mol. The molecule has 1 fully saturated rings. The lowest BCUT2D eigenvalue weighted by Gasteiger charge is -2.26. The van der Waals surface area contributed by atoms with E-state index in [0.29, 0.717) is 19.4 Å². The van der Waals surface area contributed by atoms with E-state index in [1.807, 2.05) is 6.92 Å². The molecule has 0 aliphatic carbocycles. The Labute approximate surface area is 76.8 Å². The molecule has 1 heterocycles. The molecule has 0 aromatic carbocycles. The molecule has 0 bridgehead atoms. The van der Waals surface area contributed by atoms with Crippen molar-refractivity contribution in [1.82, 2.24) is 4.72 Å². The van der Waals surface area contributed by atoms with E-state index in [1.165, 1.54) is 0 Å². The van der Waals surface area contributed by atoms with Crippen molar-refractivity contribution in [2.75, 3.05) is 6.61 Å². The van der Waals surface area contributed by atoms with Crippen LogP contribution in [0.3, 0.4) is 0 Å². The molecule has 0 aromatic rings. The van der Waals surface area contributed by atoms with E-state index in [2.05, 4.69) is 4.72 Å². The normalized spacial score (nSPS) is 31.8. The molecule has 0 spiro atoms. The highest BCUT2D eigenvalue weighted by Crippen LogP contribution is 2.14. The Morgan fingerprint density at radius 1 is 1.58 bits per heavy atom. The molecule has 1 rings (SSSR count). The van der Waals surface area contributed by atoms with Gasteiger partial charge in [-0.2, -0.15) is 13.1 Å². The van der Waals surface area contributed by atoms with Crippen LogP contribution in [-0.2, 0) is 14.0 Å². The molecule has 2 unspecified atom stereocenters. The Kier molecular flexibility index (Phi) is 3.34. The summed E-state index contributed by atoms with van der Waals surface area (Å²) in [6, 6.07) is -0.0729. The molecular formula is C6H12ClNO3S. The summed E-state index contributed by atoms with van der Waals surface area (Å²) in [5, 5.41) is 0. The first-order chi connectivity index (χ1) is 5.47. The van der Waals surface area contributed by atoms with Gasteiger partial charge in [0.15, 0.2) is 0 Å². The van der Waals surface area contributed by atoms with Gasteiger partial charge in [-0.1, -0.05) is 0 Å². The van der Waals surface area contributed by atoms with Crippen LogP contribution in [0.5, 0.6) is 0 Å². The predicted octanol–water partition coefficient (Wildman–Crippen LogP) is 0.627. The van der Waals surface area contributed by atoms with Gasteiger partial charge in [0.1, 0.15) is 0 Å². The predicted molar refractivity (Wildman–Crippen MR) is 46.3 cm³/mol. The lowest BCUT2D eigenvalue weighted by molar-refractivity contribution is 0.0174. The SMILES string of the molecule is CC1CC(NS(=O)(=O)Cl)CCO1. The fourth-order valence-electron chi connectivity index (χ4n) is 1.30. The fraction of sp³-hybridized carbons (Fsp3) is 1.00. The molecule has 72 valence electrons. The summed E-state index contributed by atoms with van der Waals surface area (Å²) >= 11 is 0. The third kappa shape index (κ3) is 3.71. The standard InChI is InChI=1S/C6H12ClNO3S/c1-5-4-6(2-3-11-5)8-12(7,9)10/h5-6,8H,2-4H2,1H3. The zero-order valence-electron chi connectivity index (χ0n) is 6.79. The van der Waals surface area contributed by atoms with Gasteiger partial charge >= 0.3 is 0 Å². The first-order valence-electron chi connectivity index (χ1n) is 3.81. The first kappa shape index (κ1) is 10.2. The van der Waals surface area contributed by atoms with Crippen molar-refractivity contribution in [3.05, 3.63) is 0 Å². The lowest BCUT2D eigenvalue weighted by atomic mass is 10.1. The Hall–Kier alpha value is 0.160. The number of hydrogen-bond acceptors (Lipinski definition) is 3. The second-order valence-corrected chi connectivity index (χ2v) is 5.29. The van der Waals surface area contributed by atoms with E-state index in [1.54, 1.807) is 0 Å². The van der Waals surface area contributed by atoms with Gasteiger partial charge in [0, 0.05) is 23.3 Å². The molecule has 1 N–H and O–H groups in total. The number of nitrogens with one attached hydrogen (secondary N) is 1. The van der Waals surface area contributed by atoms with Crippen LogP contribution in [0.4, 0.5) is 0 Å². The molecular weight excluding hydrogens is 202 g/mol. The van der Waals surface area contributed by atoms with E-state index in [0.717, 1.165) is 0 Å². The number of halogens is 1. The number of hydrogen-bond donors (Lipinski definition) is 1. The maximum atomic E-state index is 10.6. The summed E-state index contributed by atoms with van der Waals surface area (Å²) in [5.41, 5.74) is 0. The molecule has 6 heteroatoms. The van der Waals surface area contributed by atoms with E-state index in [9.17, 15) is 8.42 Å². The maximum Gasteiger partial charge on any atom is 0.297 e. The minimum atomic E-state index is -3.58. The van der Waals surface area contributed by atoms with Gasteiger partial charge in [-0.15, -0.1) is 0 Å². The summed E-state index contributed by atoms with van der Waals surface area (Å²) in [7, 11) is 1.45. The third-order valence-corrected chi connectivity index (χ3v) is 2.67. The van der Waals surface area contributed by atoms with Crippen LogP contribution in [0.15, 0.2) is 0 Å². The summed E-state index contributed by atoms with van der Waals surface area (Å²) in [6.07, 6.45) is 1.48. The highest BCUT2D eigenvalue weighted by molar-refractivity contribution is 8.12. The topological polar surface area (TPSA) is 55.4 Å². The second-order valence-electron chi connectivity index (χ2n) is 2.96. The van der Waals surface area contributed by atoms with Gasteiger partial charge in [-0.05, 0) is 19.8 Å².